The first-order valence-corrected chi connectivity index (χ1v) is 6.34. The molecule has 0 aliphatic heterocycles. The molecule has 0 bridgehead atoms. The van der Waals surface area contributed by atoms with Gasteiger partial charge in [-0.15, -0.1) is 0 Å². The molecule has 3 heteroatoms. The molecule has 2 unspecified atom stereocenters. The molecule has 3 N–H and O–H groups in total. The summed E-state index contributed by atoms with van der Waals surface area (Å²) in [7, 11) is 0. The van der Waals surface area contributed by atoms with Gasteiger partial charge in [-0.05, 0) is 30.4 Å². The van der Waals surface area contributed by atoms with Gasteiger partial charge in [0, 0.05) is 6.54 Å². The fraction of sp³-hybridized carbons (Fsp3) is 0.538. The van der Waals surface area contributed by atoms with Crippen LogP contribution in [0.25, 0.3) is 0 Å². The van der Waals surface area contributed by atoms with Crippen LogP contribution in [0.1, 0.15) is 26.2 Å². The van der Waals surface area contributed by atoms with Gasteiger partial charge in [-0.25, -0.2) is 0 Å². The van der Waals surface area contributed by atoms with Crippen molar-refractivity contribution in [3.05, 3.63) is 23.2 Å². The van der Waals surface area contributed by atoms with Crippen LogP contribution in [0.5, 0.6) is 0 Å². The van der Waals surface area contributed by atoms with E-state index in [-0.39, 0.29) is 0 Å². The Labute approximate surface area is 102 Å². The molecule has 0 aromatic heterocycles. The van der Waals surface area contributed by atoms with E-state index in [0.29, 0.717) is 10.7 Å². The van der Waals surface area contributed by atoms with Crippen molar-refractivity contribution < 1.29 is 0 Å². The zero-order valence-corrected chi connectivity index (χ0v) is 10.4. The molecule has 2 rings (SSSR count). The van der Waals surface area contributed by atoms with E-state index in [0.717, 1.165) is 24.1 Å². The SMILES string of the molecule is CC1CCCC1CNc1cccc(Cl)c1N. The fourth-order valence-electron chi connectivity index (χ4n) is 2.46. The van der Waals surface area contributed by atoms with E-state index >= 15 is 0 Å². The minimum absolute atomic E-state index is 0.629. The van der Waals surface area contributed by atoms with E-state index in [1.807, 2.05) is 18.2 Å². The lowest BCUT2D eigenvalue weighted by Gasteiger charge is -2.18. The number of nitrogens with two attached hydrogens (primary N) is 1. The molecular formula is C13H19ClN2. The number of hydrogen-bond acceptors (Lipinski definition) is 2. The summed E-state index contributed by atoms with van der Waals surface area (Å²) in [6.45, 7) is 3.34. The lowest BCUT2D eigenvalue weighted by Crippen LogP contribution is -2.17. The first-order chi connectivity index (χ1) is 7.68. The number of halogens is 1. The van der Waals surface area contributed by atoms with Crippen molar-refractivity contribution in [3.63, 3.8) is 0 Å². The number of hydrogen-bond donors (Lipinski definition) is 2. The Balaban J connectivity index is 1.96. The predicted octanol–water partition coefficient (Wildman–Crippen LogP) is 3.77. The zero-order chi connectivity index (χ0) is 11.5. The zero-order valence-electron chi connectivity index (χ0n) is 9.67. The molecule has 2 nitrogen and oxygen atoms in total. The monoisotopic (exact) mass is 238 g/mol. The van der Waals surface area contributed by atoms with Gasteiger partial charge in [-0.1, -0.05) is 37.4 Å². The minimum Gasteiger partial charge on any atom is -0.396 e. The molecule has 1 aliphatic rings. The third-order valence-electron chi connectivity index (χ3n) is 3.65. The lowest BCUT2D eigenvalue weighted by molar-refractivity contribution is 0.440. The second-order valence-electron chi connectivity index (χ2n) is 4.75. The van der Waals surface area contributed by atoms with Gasteiger partial charge < -0.3 is 11.1 Å². The van der Waals surface area contributed by atoms with Crippen molar-refractivity contribution in [2.75, 3.05) is 17.6 Å². The number of nitrogens with one attached hydrogen (secondary N) is 1. The average Bonchev–Trinajstić information content (AvgIpc) is 2.67. The summed E-state index contributed by atoms with van der Waals surface area (Å²) in [6, 6.07) is 5.74. The van der Waals surface area contributed by atoms with Crippen molar-refractivity contribution >= 4 is 23.0 Å². The highest BCUT2D eigenvalue weighted by Gasteiger charge is 2.22. The Kier molecular flexibility index (Phi) is 3.59. The first kappa shape index (κ1) is 11.6. The van der Waals surface area contributed by atoms with Gasteiger partial charge in [-0.2, -0.15) is 0 Å². The average molecular weight is 239 g/mol. The standard InChI is InChI=1S/C13H19ClN2/c1-9-4-2-5-10(9)8-16-12-7-3-6-11(14)13(12)15/h3,6-7,9-10,16H,2,4-5,8,15H2,1H3. The maximum Gasteiger partial charge on any atom is 0.0739 e. The second kappa shape index (κ2) is 4.96. The van der Waals surface area contributed by atoms with E-state index in [9.17, 15) is 0 Å². The fourth-order valence-corrected chi connectivity index (χ4v) is 2.63. The Bertz CT molecular complexity index is 365. The predicted molar refractivity (Wildman–Crippen MR) is 70.9 cm³/mol. The molecule has 1 aromatic rings. The molecule has 1 aromatic carbocycles. The summed E-state index contributed by atoms with van der Waals surface area (Å²) in [5.74, 6) is 1.60. The summed E-state index contributed by atoms with van der Waals surface area (Å²) in [5.41, 5.74) is 7.53. The van der Waals surface area contributed by atoms with Gasteiger partial charge in [0.25, 0.3) is 0 Å². The van der Waals surface area contributed by atoms with Gasteiger partial charge in [0.1, 0.15) is 0 Å². The van der Waals surface area contributed by atoms with Crippen LogP contribution in [0, 0.1) is 11.8 Å². The van der Waals surface area contributed by atoms with Gasteiger partial charge in [0.05, 0.1) is 16.4 Å². The van der Waals surface area contributed by atoms with E-state index in [1.165, 1.54) is 19.3 Å². The van der Waals surface area contributed by atoms with Crippen LogP contribution in [0.4, 0.5) is 11.4 Å². The summed E-state index contributed by atoms with van der Waals surface area (Å²) in [6.07, 6.45) is 4.05. The summed E-state index contributed by atoms with van der Waals surface area (Å²) < 4.78 is 0. The molecular weight excluding hydrogens is 220 g/mol. The van der Waals surface area contributed by atoms with Crippen LogP contribution >= 0.6 is 11.6 Å². The third kappa shape index (κ3) is 2.43. The highest BCUT2D eigenvalue weighted by atomic mass is 35.5. The molecule has 2 atom stereocenters. The van der Waals surface area contributed by atoms with Crippen LogP contribution in [-0.4, -0.2) is 6.54 Å². The quantitative estimate of drug-likeness (QED) is 0.787. The highest BCUT2D eigenvalue weighted by molar-refractivity contribution is 6.33. The van der Waals surface area contributed by atoms with Crippen LogP contribution in [-0.2, 0) is 0 Å². The first-order valence-electron chi connectivity index (χ1n) is 5.96. The maximum atomic E-state index is 5.97. The molecule has 0 heterocycles. The van der Waals surface area contributed by atoms with Crippen LogP contribution < -0.4 is 11.1 Å². The van der Waals surface area contributed by atoms with E-state index in [1.54, 1.807) is 0 Å². The van der Waals surface area contributed by atoms with Gasteiger partial charge in [-0.3, -0.25) is 0 Å². The van der Waals surface area contributed by atoms with Crippen molar-refractivity contribution in [1.82, 2.24) is 0 Å². The highest BCUT2D eigenvalue weighted by Crippen LogP contribution is 2.32. The summed E-state index contributed by atoms with van der Waals surface area (Å²) in [4.78, 5) is 0. The topological polar surface area (TPSA) is 38.0 Å². The molecule has 1 fully saturated rings. The normalized spacial score (nSPS) is 24.6. The van der Waals surface area contributed by atoms with Gasteiger partial charge >= 0.3 is 0 Å². The molecule has 0 saturated heterocycles. The van der Waals surface area contributed by atoms with E-state index < -0.39 is 0 Å². The van der Waals surface area contributed by atoms with Crippen LogP contribution in [0.3, 0.4) is 0 Å². The van der Waals surface area contributed by atoms with Crippen LogP contribution in [0.2, 0.25) is 5.02 Å². The Morgan fingerprint density at radius 3 is 2.94 bits per heavy atom. The van der Waals surface area contributed by atoms with Crippen LogP contribution in [0.15, 0.2) is 18.2 Å². The maximum absolute atomic E-state index is 5.97. The molecule has 0 radical (unpaired) electrons. The summed E-state index contributed by atoms with van der Waals surface area (Å²) in [5, 5.41) is 4.05. The second-order valence-corrected chi connectivity index (χ2v) is 5.16. The molecule has 1 saturated carbocycles. The van der Waals surface area contributed by atoms with Crippen molar-refractivity contribution in [2.45, 2.75) is 26.2 Å². The third-order valence-corrected chi connectivity index (χ3v) is 3.98. The number of nitrogen functional groups attached to an aromatic ring is 1. The molecule has 16 heavy (non-hydrogen) atoms. The van der Waals surface area contributed by atoms with Crippen molar-refractivity contribution in [2.24, 2.45) is 11.8 Å². The van der Waals surface area contributed by atoms with E-state index in [4.69, 9.17) is 17.3 Å². The summed E-state index contributed by atoms with van der Waals surface area (Å²) >= 11 is 5.97. The van der Waals surface area contributed by atoms with E-state index in [2.05, 4.69) is 12.2 Å². The smallest absolute Gasteiger partial charge is 0.0739 e. The van der Waals surface area contributed by atoms with Gasteiger partial charge in [0.2, 0.25) is 0 Å². The van der Waals surface area contributed by atoms with Crippen molar-refractivity contribution in [1.29, 1.82) is 0 Å². The molecule has 88 valence electrons. The number of para-hydroxylation sites is 1. The minimum atomic E-state index is 0.629. The largest absolute Gasteiger partial charge is 0.396 e. The van der Waals surface area contributed by atoms with Gasteiger partial charge in [0.15, 0.2) is 0 Å². The van der Waals surface area contributed by atoms with Crippen molar-refractivity contribution in [3.8, 4) is 0 Å². The molecule has 1 aliphatic carbocycles. The number of rotatable bonds is 3. The molecule has 0 spiro atoms. The Hall–Kier alpha value is -0.890. The Morgan fingerprint density at radius 2 is 2.25 bits per heavy atom. The number of anilines is 2. The number of benzene rings is 1. The molecule has 0 amide bonds. The lowest BCUT2D eigenvalue weighted by atomic mass is 9.98. The Morgan fingerprint density at radius 1 is 1.44 bits per heavy atom.